The zero-order valence-corrected chi connectivity index (χ0v) is 10.8. The molecule has 0 aromatic heterocycles. The minimum Gasteiger partial charge on any atom is -0.392 e. The van der Waals surface area contributed by atoms with Gasteiger partial charge in [0.25, 0.3) is 0 Å². The predicted molar refractivity (Wildman–Crippen MR) is 65.8 cm³/mol. The summed E-state index contributed by atoms with van der Waals surface area (Å²) in [5.74, 6) is 0. The Hall–Kier alpha value is -0.300. The maximum absolute atomic E-state index is 9.15. The summed E-state index contributed by atoms with van der Waals surface area (Å²) in [6.07, 6.45) is 8.42. The van der Waals surface area contributed by atoms with E-state index in [0.29, 0.717) is 10.8 Å². The van der Waals surface area contributed by atoms with E-state index < -0.39 is 0 Å². The van der Waals surface area contributed by atoms with Gasteiger partial charge < -0.3 is 5.11 Å². The highest BCUT2D eigenvalue weighted by molar-refractivity contribution is 5.06. The molecule has 1 N–H and O–H groups in total. The van der Waals surface area contributed by atoms with Crippen LogP contribution in [0, 0.1) is 10.8 Å². The number of allylic oxidation sites excluding steroid dienone is 1. The molecule has 1 fully saturated rings. The Kier molecular flexibility index (Phi) is 3.99. The second-order valence-corrected chi connectivity index (χ2v) is 5.88. The van der Waals surface area contributed by atoms with Crippen LogP contribution in [0.4, 0.5) is 0 Å². The van der Waals surface area contributed by atoms with Crippen molar-refractivity contribution in [1.29, 1.82) is 0 Å². The summed E-state index contributed by atoms with van der Waals surface area (Å²) in [5.41, 5.74) is 2.08. The van der Waals surface area contributed by atoms with Crippen LogP contribution in [0.25, 0.3) is 0 Å². The minimum absolute atomic E-state index is 0.229. The summed E-state index contributed by atoms with van der Waals surface area (Å²) in [4.78, 5) is 0. The SMILES string of the molecule is CCC(=CCC1(C)CCCC1(C)C)CO. The Labute approximate surface area is 94.6 Å². The van der Waals surface area contributed by atoms with E-state index in [0.717, 1.165) is 12.8 Å². The van der Waals surface area contributed by atoms with Gasteiger partial charge in [-0.15, -0.1) is 0 Å². The van der Waals surface area contributed by atoms with Crippen LogP contribution in [0.3, 0.4) is 0 Å². The standard InChI is InChI=1S/C14H26O/c1-5-12(11-15)7-10-14(4)9-6-8-13(14,2)3/h7,15H,5-6,8-11H2,1-4H3. The molecule has 1 aliphatic carbocycles. The van der Waals surface area contributed by atoms with E-state index in [2.05, 4.69) is 33.8 Å². The van der Waals surface area contributed by atoms with Gasteiger partial charge in [-0.05, 0) is 42.1 Å². The Bertz CT molecular complexity index is 234. The second kappa shape index (κ2) is 4.69. The zero-order chi connectivity index (χ0) is 11.5. The third-order valence-corrected chi connectivity index (χ3v) is 4.66. The lowest BCUT2D eigenvalue weighted by atomic mass is 9.67. The highest BCUT2D eigenvalue weighted by atomic mass is 16.3. The molecule has 1 nitrogen and oxygen atoms in total. The van der Waals surface area contributed by atoms with Crippen LogP contribution in [0.1, 0.15) is 59.8 Å². The molecule has 88 valence electrons. The van der Waals surface area contributed by atoms with Crippen LogP contribution in [0.5, 0.6) is 0 Å². The van der Waals surface area contributed by atoms with Gasteiger partial charge in [-0.3, -0.25) is 0 Å². The smallest absolute Gasteiger partial charge is 0.0641 e. The van der Waals surface area contributed by atoms with Crippen molar-refractivity contribution in [3.05, 3.63) is 11.6 Å². The molecule has 1 rings (SSSR count). The lowest BCUT2D eigenvalue weighted by Crippen LogP contribution is -2.29. The largest absolute Gasteiger partial charge is 0.392 e. The Morgan fingerprint density at radius 1 is 1.27 bits per heavy atom. The molecule has 0 spiro atoms. The zero-order valence-electron chi connectivity index (χ0n) is 10.8. The van der Waals surface area contributed by atoms with Gasteiger partial charge in [0.05, 0.1) is 6.61 Å². The summed E-state index contributed by atoms with van der Waals surface area (Å²) in [7, 11) is 0. The fourth-order valence-corrected chi connectivity index (χ4v) is 2.63. The van der Waals surface area contributed by atoms with Crippen LogP contribution in [0.15, 0.2) is 11.6 Å². The van der Waals surface area contributed by atoms with Gasteiger partial charge in [0.1, 0.15) is 0 Å². The number of aliphatic hydroxyl groups is 1. The van der Waals surface area contributed by atoms with Crippen molar-refractivity contribution in [2.24, 2.45) is 10.8 Å². The summed E-state index contributed by atoms with van der Waals surface area (Å²) in [5, 5.41) is 9.15. The van der Waals surface area contributed by atoms with Crippen molar-refractivity contribution in [1.82, 2.24) is 0 Å². The van der Waals surface area contributed by atoms with E-state index in [1.807, 2.05) is 0 Å². The Balaban J connectivity index is 2.68. The maximum atomic E-state index is 9.15. The second-order valence-electron chi connectivity index (χ2n) is 5.88. The first-order valence-corrected chi connectivity index (χ1v) is 6.24. The fraction of sp³-hybridized carbons (Fsp3) is 0.857. The predicted octanol–water partition coefficient (Wildman–Crippen LogP) is 3.92. The van der Waals surface area contributed by atoms with Gasteiger partial charge in [0.15, 0.2) is 0 Å². The summed E-state index contributed by atoms with van der Waals surface area (Å²) in [6.45, 7) is 9.52. The van der Waals surface area contributed by atoms with Crippen LogP contribution < -0.4 is 0 Å². The Morgan fingerprint density at radius 3 is 2.33 bits per heavy atom. The maximum Gasteiger partial charge on any atom is 0.0641 e. The van der Waals surface area contributed by atoms with Crippen LogP contribution in [0.2, 0.25) is 0 Å². The van der Waals surface area contributed by atoms with Gasteiger partial charge in [-0.1, -0.05) is 40.2 Å². The van der Waals surface area contributed by atoms with Gasteiger partial charge in [-0.25, -0.2) is 0 Å². The first-order chi connectivity index (χ1) is 6.95. The molecule has 0 aromatic carbocycles. The van der Waals surface area contributed by atoms with Crippen molar-refractivity contribution in [2.45, 2.75) is 59.8 Å². The topological polar surface area (TPSA) is 20.2 Å². The first-order valence-electron chi connectivity index (χ1n) is 6.24. The van der Waals surface area contributed by atoms with Crippen molar-refractivity contribution >= 4 is 0 Å². The Morgan fingerprint density at radius 2 is 1.93 bits per heavy atom. The van der Waals surface area contributed by atoms with Crippen LogP contribution >= 0.6 is 0 Å². The van der Waals surface area contributed by atoms with Crippen molar-refractivity contribution in [3.63, 3.8) is 0 Å². The van der Waals surface area contributed by atoms with Crippen molar-refractivity contribution < 1.29 is 5.11 Å². The molecule has 0 saturated heterocycles. The molecular weight excluding hydrogens is 184 g/mol. The van der Waals surface area contributed by atoms with E-state index in [1.165, 1.54) is 24.8 Å². The van der Waals surface area contributed by atoms with E-state index >= 15 is 0 Å². The summed E-state index contributed by atoms with van der Waals surface area (Å²) in [6, 6.07) is 0. The molecule has 1 aliphatic rings. The highest BCUT2D eigenvalue weighted by Crippen LogP contribution is 2.54. The number of aliphatic hydroxyl groups excluding tert-OH is 1. The molecule has 0 aromatic rings. The van der Waals surface area contributed by atoms with E-state index in [9.17, 15) is 0 Å². The highest BCUT2D eigenvalue weighted by Gasteiger charge is 2.43. The molecular formula is C14H26O. The first kappa shape index (κ1) is 12.8. The van der Waals surface area contributed by atoms with E-state index in [1.54, 1.807) is 0 Å². The molecule has 0 heterocycles. The van der Waals surface area contributed by atoms with Gasteiger partial charge in [-0.2, -0.15) is 0 Å². The molecule has 0 radical (unpaired) electrons. The molecule has 1 unspecified atom stereocenters. The third-order valence-electron chi connectivity index (χ3n) is 4.66. The van der Waals surface area contributed by atoms with E-state index in [-0.39, 0.29) is 6.61 Å². The summed E-state index contributed by atoms with van der Waals surface area (Å²) >= 11 is 0. The lowest BCUT2D eigenvalue weighted by Gasteiger charge is -2.38. The quantitative estimate of drug-likeness (QED) is 0.697. The van der Waals surface area contributed by atoms with Crippen LogP contribution in [-0.2, 0) is 0 Å². The van der Waals surface area contributed by atoms with Gasteiger partial charge in [0.2, 0.25) is 0 Å². The van der Waals surface area contributed by atoms with Crippen molar-refractivity contribution in [2.75, 3.05) is 6.61 Å². The molecule has 0 bridgehead atoms. The number of hydrogen-bond acceptors (Lipinski definition) is 1. The lowest BCUT2D eigenvalue weighted by molar-refractivity contribution is 0.135. The fourth-order valence-electron chi connectivity index (χ4n) is 2.63. The van der Waals surface area contributed by atoms with Gasteiger partial charge in [0, 0.05) is 0 Å². The molecule has 1 saturated carbocycles. The minimum atomic E-state index is 0.229. The van der Waals surface area contributed by atoms with Gasteiger partial charge >= 0.3 is 0 Å². The summed E-state index contributed by atoms with van der Waals surface area (Å²) < 4.78 is 0. The van der Waals surface area contributed by atoms with E-state index in [4.69, 9.17) is 5.11 Å². The number of rotatable bonds is 4. The van der Waals surface area contributed by atoms with Crippen molar-refractivity contribution in [3.8, 4) is 0 Å². The molecule has 1 heteroatoms. The molecule has 1 atom stereocenters. The average molecular weight is 210 g/mol. The number of hydrogen-bond donors (Lipinski definition) is 1. The molecule has 0 aliphatic heterocycles. The average Bonchev–Trinajstić information content (AvgIpc) is 2.43. The normalized spacial score (nSPS) is 30.9. The van der Waals surface area contributed by atoms with Crippen LogP contribution in [-0.4, -0.2) is 11.7 Å². The monoisotopic (exact) mass is 210 g/mol. The molecule has 15 heavy (non-hydrogen) atoms. The molecule has 0 amide bonds. The third kappa shape index (κ3) is 2.63.